The second-order valence-electron chi connectivity index (χ2n) is 4.31. The van der Waals surface area contributed by atoms with Gasteiger partial charge in [0.25, 0.3) is 0 Å². The molecule has 2 heterocycles. The molecule has 1 amide bonds. The molecule has 2 aromatic heterocycles. The van der Waals surface area contributed by atoms with Crippen LogP contribution in [0.3, 0.4) is 0 Å². The fourth-order valence-corrected chi connectivity index (χ4v) is 1.95. The Kier molecular flexibility index (Phi) is 2.90. The molecule has 4 N–H and O–H groups in total. The maximum absolute atomic E-state index is 14.0. The van der Waals surface area contributed by atoms with Gasteiger partial charge in [0.15, 0.2) is 5.82 Å². The number of halogens is 1. The first-order valence-corrected chi connectivity index (χ1v) is 5.93. The molecule has 0 bridgehead atoms. The minimum atomic E-state index is -1.20. The summed E-state index contributed by atoms with van der Waals surface area (Å²) in [7, 11) is 0. The first-order valence-electron chi connectivity index (χ1n) is 5.93. The predicted molar refractivity (Wildman–Crippen MR) is 74.4 cm³/mol. The lowest BCUT2D eigenvalue weighted by molar-refractivity contribution is 0.209. The maximum Gasteiger partial charge on any atom is 0.409 e. The molecule has 0 atom stereocenters. The highest BCUT2D eigenvalue weighted by atomic mass is 19.1. The summed E-state index contributed by atoms with van der Waals surface area (Å²) in [6, 6.07) is 4.65. The van der Waals surface area contributed by atoms with Gasteiger partial charge in [-0.3, -0.25) is 9.72 Å². The van der Waals surface area contributed by atoms with Crippen molar-refractivity contribution >= 4 is 23.2 Å². The summed E-state index contributed by atoms with van der Waals surface area (Å²) in [5, 5.41) is 10.8. The molecular formula is C13H10FN5O2. The molecule has 21 heavy (non-hydrogen) atoms. The Morgan fingerprint density at radius 1 is 1.38 bits per heavy atom. The molecule has 8 heteroatoms. The van der Waals surface area contributed by atoms with E-state index in [9.17, 15) is 9.18 Å². The van der Waals surface area contributed by atoms with Gasteiger partial charge >= 0.3 is 6.09 Å². The van der Waals surface area contributed by atoms with Crippen LogP contribution in [0.2, 0.25) is 0 Å². The van der Waals surface area contributed by atoms with Crippen LogP contribution in [0.4, 0.5) is 20.6 Å². The summed E-state index contributed by atoms with van der Waals surface area (Å²) in [4.78, 5) is 18.8. The van der Waals surface area contributed by atoms with Crippen LogP contribution < -0.4 is 11.1 Å². The molecule has 0 aliphatic carbocycles. The van der Waals surface area contributed by atoms with Gasteiger partial charge in [-0.1, -0.05) is 6.07 Å². The minimum absolute atomic E-state index is 0.0331. The van der Waals surface area contributed by atoms with E-state index in [-0.39, 0.29) is 16.9 Å². The van der Waals surface area contributed by atoms with E-state index >= 15 is 0 Å². The molecule has 0 unspecified atom stereocenters. The van der Waals surface area contributed by atoms with Crippen LogP contribution in [-0.2, 0) is 0 Å². The van der Waals surface area contributed by atoms with Gasteiger partial charge in [-0.25, -0.2) is 19.2 Å². The zero-order valence-electron chi connectivity index (χ0n) is 10.6. The van der Waals surface area contributed by atoms with E-state index < -0.39 is 11.9 Å². The third kappa shape index (κ3) is 2.34. The highest BCUT2D eigenvalue weighted by Crippen LogP contribution is 2.25. The van der Waals surface area contributed by atoms with Crippen LogP contribution in [0.15, 0.2) is 36.8 Å². The predicted octanol–water partition coefficient (Wildman–Crippen LogP) is 2.21. The molecule has 3 rings (SSSR count). The molecule has 1 aromatic carbocycles. The van der Waals surface area contributed by atoms with Crippen molar-refractivity contribution in [3.05, 3.63) is 42.6 Å². The summed E-state index contributed by atoms with van der Waals surface area (Å²) in [6.45, 7) is 0. The number of fused-ring (bicyclic) bond motifs is 1. The van der Waals surface area contributed by atoms with Crippen LogP contribution in [0.5, 0.6) is 0 Å². The van der Waals surface area contributed by atoms with Crippen molar-refractivity contribution in [3.63, 3.8) is 0 Å². The zero-order valence-corrected chi connectivity index (χ0v) is 10.6. The Morgan fingerprint density at radius 2 is 2.19 bits per heavy atom. The van der Waals surface area contributed by atoms with Gasteiger partial charge in [0.1, 0.15) is 0 Å². The molecule has 0 saturated carbocycles. The molecule has 0 saturated heterocycles. The summed E-state index contributed by atoms with van der Waals surface area (Å²) < 4.78 is 15.5. The first kappa shape index (κ1) is 12.9. The Labute approximate surface area is 117 Å². The van der Waals surface area contributed by atoms with Gasteiger partial charge < -0.3 is 10.8 Å². The monoisotopic (exact) mass is 287 g/mol. The number of benzene rings is 1. The van der Waals surface area contributed by atoms with Gasteiger partial charge in [-0.05, 0) is 12.1 Å². The van der Waals surface area contributed by atoms with Crippen molar-refractivity contribution in [1.82, 2.24) is 14.4 Å². The van der Waals surface area contributed by atoms with Crippen molar-refractivity contribution in [3.8, 4) is 11.3 Å². The number of nitrogens with zero attached hydrogens (tertiary/aromatic N) is 3. The number of nitrogens with one attached hydrogen (secondary N) is 1. The Balaban J connectivity index is 2.08. The summed E-state index contributed by atoms with van der Waals surface area (Å²) in [6.07, 6.45) is 3.18. The molecule has 0 aliphatic heterocycles. The lowest BCUT2D eigenvalue weighted by Crippen LogP contribution is -2.08. The van der Waals surface area contributed by atoms with Gasteiger partial charge in [-0.15, -0.1) is 0 Å². The van der Waals surface area contributed by atoms with E-state index in [1.165, 1.54) is 22.9 Å². The number of carboxylic acid groups (broad SMARTS) is 1. The van der Waals surface area contributed by atoms with Crippen LogP contribution in [-0.4, -0.2) is 25.6 Å². The number of carbonyl (C=O) groups is 1. The molecule has 106 valence electrons. The Morgan fingerprint density at radius 3 is 2.95 bits per heavy atom. The zero-order chi connectivity index (χ0) is 15.0. The van der Waals surface area contributed by atoms with Crippen molar-refractivity contribution in [2.24, 2.45) is 0 Å². The third-order valence-corrected chi connectivity index (χ3v) is 2.87. The first-order chi connectivity index (χ1) is 10.0. The lowest BCUT2D eigenvalue weighted by atomic mass is 10.1. The van der Waals surface area contributed by atoms with Crippen molar-refractivity contribution < 1.29 is 14.3 Å². The molecule has 7 nitrogen and oxygen atoms in total. The van der Waals surface area contributed by atoms with E-state index in [0.29, 0.717) is 11.5 Å². The molecule has 0 spiro atoms. The standard InChI is InChI=1S/C13H10FN5O2/c14-11-8(2-1-3-9(11)15)10-6-19-5-7(17-13(20)21)4-16-12(19)18-10/h1-6,17H,15H2,(H,20,21). The average Bonchev–Trinajstić information content (AvgIpc) is 2.84. The average molecular weight is 287 g/mol. The van der Waals surface area contributed by atoms with Crippen LogP contribution >= 0.6 is 0 Å². The maximum atomic E-state index is 14.0. The van der Waals surface area contributed by atoms with Gasteiger partial charge in [0.2, 0.25) is 5.78 Å². The van der Waals surface area contributed by atoms with Crippen molar-refractivity contribution in [2.45, 2.75) is 0 Å². The van der Waals surface area contributed by atoms with Crippen LogP contribution in [0, 0.1) is 5.82 Å². The number of aromatic nitrogens is 3. The fourth-order valence-electron chi connectivity index (χ4n) is 1.95. The lowest BCUT2D eigenvalue weighted by Gasteiger charge is -2.01. The number of anilines is 2. The molecule has 3 aromatic rings. The second-order valence-corrected chi connectivity index (χ2v) is 4.31. The van der Waals surface area contributed by atoms with E-state index in [2.05, 4.69) is 15.3 Å². The number of hydrogen-bond donors (Lipinski definition) is 3. The molecular weight excluding hydrogens is 277 g/mol. The third-order valence-electron chi connectivity index (χ3n) is 2.87. The number of imidazole rings is 1. The Hall–Kier alpha value is -3.16. The van der Waals surface area contributed by atoms with Crippen molar-refractivity contribution in [1.29, 1.82) is 0 Å². The highest BCUT2D eigenvalue weighted by molar-refractivity contribution is 5.82. The molecule has 0 aliphatic rings. The van der Waals surface area contributed by atoms with E-state index in [4.69, 9.17) is 10.8 Å². The van der Waals surface area contributed by atoms with E-state index in [0.717, 1.165) is 0 Å². The summed E-state index contributed by atoms with van der Waals surface area (Å²) >= 11 is 0. The van der Waals surface area contributed by atoms with Crippen LogP contribution in [0.25, 0.3) is 17.0 Å². The molecule has 0 radical (unpaired) electrons. The SMILES string of the molecule is Nc1cccc(-c2cn3cc(NC(=O)O)cnc3n2)c1F. The number of nitrogens with two attached hydrogens (primary N) is 1. The topological polar surface area (TPSA) is 106 Å². The van der Waals surface area contributed by atoms with Gasteiger partial charge in [0.05, 0.1) is 23.3 Å². The summed E-state index contributed by atoms with van der Waals surface area (Å²) in [5.41, 5.74) is 6.47. The van der Waals surface area contributed by atoms with E-state index in [1.807, 2.05) is 0 Å². The number of amides is 1. The largest absolute Gasteiger partial charge is 0.465 e. The Bertz CT molecular complexity index is 846. The minimum Gasteiger partial charge on any atom is -0.465 e. The molecule has 0 fully saturated rings. The second kappa shape index (κ2) is 4.75. The number of hydrogen-bond acceptors (Lipinski definition) is 4. The number of rotatable bonds is 2. The smallest absolute Gasteiger partial charge is 0.409 e. The van der Waals surface area contributed by atoms with Crippen LogP contribution in [0.1, 0.15) is 0 Å². The fraction of sp³-hybridized carbons (Fsp3) is 0. The van der Waals surface area contributed by atoms with Gasteiger partial charge in [0, 0.05) is 18.0 Å². The summed E-state index contributed by atoms with van der Waals surface area (Å²) in [5.74, 6) is -0.229. The number of nitrogen functional groups attached to an aromatic ring is 1. The van der Waals surface area contributed by atoms with E-state index in [1.54, 1.807) is 18.3 Å². The van der Waals surface area contributed by atoms with Crippen molar-refractivity contribution in [2.75, 3.05) is 11.1 Å². The highest BCUT2D eigenvalue weighted by Gasteiger charge is 2.12. The van der Waals surface area contributed by atoms with Gasteiger partial charge in [-0.2, -0.15) is 0 Å². The normalized spacial score (nSPS) is 10.7. The quantitative estimate of drug-likeness (QED) is 0.627.